The van der Waals surface area contributed by atoms with E-state index in [9.17, 15) is 22.8 Å². The van der Waals surface area contributed by atoms with Gasteiger partial charge in [-0.3, -0.25) is 9.59 Å². The number of nitrogens with zero attached hydrogens (tertiary/aromatic N) is 7. The van der Waals surface area contributed by atoms with Crippen LogP contribution in [-0.4, -0.2) is 53.3 Å². The van der Waals surface area contributed by atoms with Gasteiger partial charge in [-0.25, -0.2) is 9.67 Å². The minimum Gasteiger partial charge on any atom is -0.349 e. The van der Waals surface area contributed by atoms with Gasteiger partial charge in [-0.1, -0.05) is 29.3 Å². The van der Waals surface area contributed by atoms with Gasteiger partial charge in [-0.2, -0.15) is 23.1 Å². The number of pyridine rings is 1. The van der Waals surface area contributed by atoms with E-state index < -0.39 is 23.8 Å². The van der Waals surface area contributed by atoms with E-state index in [4.69, 9.17) is 23.2 Å². The third kappa shape index (κ3) is 6.23. The lowest BCUT2D eigenvalue weighted by atomic mass is 10.1. The van der Waals surface area contributed by atoms with Gasteiger partial charge in [0.25, 0.3) is 17.6 Å². The highest BCUT2D eigenvalue weighted by Crippen LogP contribution is 2.28. The topological polar surface area (TPSA) is 133 Å². The standard InChI is InChI=1S/C23H18Cl2F3N9O2/c1-3-6-30-20(38)15-9-13(24)8-12(2)18(15)31-21(39)17-10-14(11-36-34-22(32-35-36)23(26,27)28)33-37(17)19-16(25)5-4-7-29-19/h3-5,7-10H,1,6,11H2,2H3,(H,30,38)(H,31,39). The van der Waals surface area contributed by atoms with Crippen molar-refractivity contribution in [3.8, 4) is 5.82 Å². The van der Waals surface area contributed by atoms with Gasteiger partial charge in [0.2, 0.25) is 0 Å². The summed E-state index contributed by atoms with van der Waals surface area (Å²) in [5.74, 6) is -2.57. The lowest BCUT2D eigenvalue weighted by Crippen LogP contribution is -2.26. The van der Waals surface area contributed by atoms with Crippen molar-refractivity contribution < 1.29 is 22.8 Å². The molecule has 4 aromatic rings. The predicted molar refractivity (Wildman–Crippen MR) is 135 cm³/mol. The van der Waals surface area contributed by atoms with Crippen LogP contribution in [0.25, 0.3) is 5.82 Å². The minimum atomic E-state index is -4.78. The first-order chi connectivity index (χ1) is 18.5. The zero-order chi connectivity index (χ0) is 28.3. The Labute approximate surface area is 228 Å². The lowest BCUT2D eigenvalue weighted by molar-refractivity contribution is -0.145. The van der Waals surface area contributed by atoms with Crippen LogP contribution in [0.2, 0.25) is 10.0 Å². The van der Waals surface area contributed by atoms with E-state index in [1.807, 2.05) is 0 Å². The first-order valence-electron chi connectivity index (χ1n) is 11.0. The number of aromatic nitrogens is 7. The lowest BCUT2D eigenvalue weighted by Gasteiger charge is -2.15. The van der Waals surface area contributed by atoms with Crippen LogP contribution in [0.1, 0.15) is 37.9 Å². The number of benzene rings is 1. The Morgan fingerprint density at radius 1 is 1.15 bits per heavy atom. The summed E-state index contributed by atoms with van der Waals surface area (Å²) >= 11 is 12.4. The third-order valence-corrected chi connectivity index (χ3v) is 5.65. The number of carbonyl (C=O) groups excluding carboxylic acids is 2. The summed E-state index contributed by atoms with van der Waals surface area (Å²) in [5, 5.41) is 19.7. The second-order valence-corrected chi connectivity index (χ2v) is 8.82. The summed E-state index contributed by atoms with van der Waals surface area (Å²) in [6, 6.07) is 7.36. The van der Waals surface area contributed by atoms with Crippen molar-refractivity contribution in [3.63, 3.8) is 0 Å². The molecule has 3 heterocycles. The maximum atomic E-state index is 13.5. The molecule has 202 valence electrons. The van der Waals surface area contributed by atoms with E-state index in [0.717, 1.165) is 4.68 Å². The minimum absolute atomic E-state index is 0.0786. The second-order valence-electron chi connectivity index (χ2n) is 7.98. The molecule has 0 fully saturated rings. The summed E-state index contributed by atoms with van der Waals surface area (Å²) in [6.07, 6.45) is -1.87. The van der Waals surface area contributed by atoms with E-state index in [-0.39, 0.29) is 51.6 Å². The van der Waals surface area contributed by atoms with Gasteiger partial charge in [-0.15, -0.1) is 16.8 Å². The van der Waals surface area contributed by atoms with E-state index >= 15 is 0 Å². The molecule has 2 N–H and O–H groups in total. The predicted octanol–water partition coefficient (Wildman–Crippen LogP) is 4.10. The van der Waals surface area contributed by atoms with Crippen molar-refractivity contribution in [3.05, 3.63) is 87.6 Å². The molecule has 4 rings (SSSR count). The summed E-state index contributed by atoms with van der Waals surface area (Å²) < 4.78 is 39.8. The Morgan fingerprint density at radius 3 is 2.59 bits per heavy atom. The van der Waals surface area contributed by atoms with Crippen LogP contribution in [0, 0.1) is 6.92 Å². The molecule has 39 heavy (non-hydrogen) atoms. The maximum Gasteiger partial charge on any atom is 0.455 e. The van der Waals surface area contributed by atoms with Gasteiger partial charge in [0, 0.05) is 17.8 Å². The Balaban J connectivity index is 1.73. The van der Waals surface area contributed by atoms with Crippen molar-refractivity contribution in [2.45, 2.75) is 19.6 Å². The molecule has 0 saturated heterocycles. The van der Waals surface area contributed by atoms with Crippen LogP contribution in [0.3, 0.4) is 0 Å². The van der Waals surface area contributed by atoms with Crippen molar-refractivity contribution in [1.82, 2.24) is 40.3 Å². The molecule has 0 unspecified atom stereocenters. The zero-order valence-corrected chi connectivity index (χ0v) is 21.5. The number of halogens is 5. The number of alkyl halides is 3. The molecule has 0 aliphatic rings. The van der Waals surface area contributed by atoms with Gasteiger partial charge < -0.3 is 10.6 Å². The molecule has 0 bridgehead atoms. The second kappa shape index (κ2) is 11.2. The van der Waals surface area contributed by atoms with Crippen LogP contribution < -0.4 is 10.6 Å². The van der Waals surface area contributed by atoms with Crippen LogP contribution in [0.15, 0.2) is 49.2 Å². The number of aryl methyl sites for hydroxylation is 1. The van der Waals surface area contributed by atoms with Crippen molar-refractivity contribution in [1.29, 1.82) is 0 Å². The summed E-state index contributed by atoms with van der Waals surface area (Å²) in [7, 11) is 0. The molecule has 0 saturated carbocycles. The number of hydrogen-bond acceptors (Lipinski definition) is 7. The highest BCUT2D eigenvalue weighted by Gasteiger charge is 2.37. The van der Waals surface area contributed by atoms with Crippen molar-refractivity contribution in [2.24, 2.45) is 0 Å². The monoisotopic (exact) mass is 579 g/mol. The Bertz CT molecular complexity index is 1570. The molecule has 0 atom stereocenters. The maximum absolute atomic E-state index is 13.5. The highest BCUT2D eigenvalue weighted by molar-refractivity contribution is 6.32. The van der Waals surface area contributed by atoms with E-state index in [2.05, 4.69) is 42.7 Å². The summed E-state index contributed by atoms with van der Waals surface area (Å²) in [5.41, 5.74) is 0.788. The van der Waals surface area contributed by atoms with E-state index in [1.165, 1.54) is 30.5 Å². The number of hydrogen-bond donors (Lipinski definition) is 2. The summed E-state index contributed by atoms with van der Waals surface area (Å²) in [4.78, 5) is 31.1. The molecular weight excluding hydrogens is 562 g/mol. The molecule has 11 nitrogen and oxygen atoms in total. The quantitative estimate of drug-likeness (QED) is 0.300. The van der Waals surface area contributed by atoms with Crippen LogP contribution in [0.5, 0.6) is 0 Å². The first-order valence-corrected chi connectivity index (χ1v) is 11.8. The molecular formula is C23H18Cl2F3N9O2. The molecule has 1 aromatic carbocycles. The fourth-order valence-electron chi connectivity index (χ4n) is 3.46. The average Bonchev–Trinajstić information content (AvgIpc) is 3.52. The molecule has 0 radical (unpaired) electrons. The zero-order valence-electron chi connectivity index (χ0n) is 20.0. The molecule has 0 spiro atoms. The Kier molecular flexibility index (Phi) is 7.97. The molecule has 2 amide bonds. The van der Waals surface area contributed by atoms with Gasteiger partial charge in [0.1, 0.15) is 12.2 Å². The van der Waals surface area contributed by atoms with Gasteiger partial charge in [0.05, 0.1) is 22.0 Å². The molecule has 0 aliphatic heterocycles. The average molecular weight is 580 g/mol. The first kappa shape index (κ1) is 27.7. The Hall–Kier alpha value is -4.30. The highest BCUT2D eigenvalue weighted by atomic mass is 35.5. The van der Waals surface area contributed by atoms with Gasteiger partial charge in [0.15, 0.2) is 5.82 Å². The fourth-order valence-corrected chi connectivity index (χ4v) is 3.93. The van der Waals surface area contributed by atoms with Crippen molar-refractivity contribution >= 4 is 40.7 Å². The van der Waals surface area contributed by atoms with Gasteiger partial charge in [-0.05, 0) is 48.0 Å². The number of nitrogens with one attached hydrogen (secondary N) is 2. The van der Waals surface area contributed by atoms with E-state index in [1.54, 1.807) is 19.1 Å². The number of rotatable bonds is 8. The normalized spacial score (nSPS) is 11.3. The molecule has 3 aromatic heterocycles. The van der Waals surface area contributed by atoms with Crippen LogP contribution in [0.4, 0.5) is 18.9 Å². The number of carbonyl (C=O) groups is 2. The van der Waals surface area contributed by atoms with Gasteiger partial charge >= 0.3 is 6.18 Å². The molecule has 16 heteroatoms. The van der Waals surface area contributed by atoms with E-state index in [0.29, 0.717) is 10.4 Å². The Morgan fingerprint density at radius 2 is 1.92 bits per heavy atom. The van der Waals surface area contributed by atoms with Crippen molar-refractivity contribution in [2.75, 3.05) is 11.9 Å². The third-order valence-electron chi connectivity index (χ3n) is 5.13. The van der Waals surface area contributed by atoms with Crippen LogP contribution in [-0.2, 0) is 12.7 Å². The van der Waals surface area contributed by atoms with Crippen LogP contribution >= 0.6 is 23.2 Å². The summed E-state index contributed by atoms with van der Waals surface area (Å²) in [6.45, 7) is 5.04. The number of anilines is 1. The number of tetrazole rings is 1. The molecule has 0 aliphatic carbocycles. The number of amides is 2. The fraction of sp³-hybridized carbons (Fsp3) is 0.174. The smallest absolute Gasteiger partial charge is 0.349 e. The largest absolute Gasteiger partial charge is 0.455 e. The SMILES string of the molecule is C=CCNC(=O)c1cc(Cl)cc(C)c1NC(=O)c1cc(Cn2nnc(C(F)(F)F)n2)nn1-c1ncccc1Cl.